The van der Waals surface area contributed by atoms with E-state index in [0.717, 1.165) is 11.1 Å². The van der Waals surface area contributed by atoms with Crippen LogP contribution in [0.15, 0.2) is 62.9 Å². The van der Waals surface area contributed by atoms with Crippen LogP contribution in [0.1, 0.15) is 51.3 Å². The van der Waals surface area contributed by atoms with Crippen LogP contribution in [0, 0.1) is 0 Å². The van der Waals surface area contributed by atoms with Gasteiger partial charge in [0.25, 0.3) is 0 Å². The quantitative estimate of drug-likeness (QED) is 0.293. The predicted molar refractivity (Wildman–Crippen MR) is 139 cm³/mol. The third kappa shape index (κ3) is 5.11. The normalized spacial score (nSPS) is 12.0. The van der Waals surface area contributed by atoms with Gasteiger partial charge in [0.15, 0.2) is 5.43 Å². The van der Waals surface area contributed by atoms with Crippen molar-refractivity contribution in [2.45, 2.75) is 53.9 Å². The summed E-state index contributed by atoms with van der Waals surface area (Å²) in [6.07, 6.45) is 8.23. The summed E-state index contributed by atoms with van der Waals surface area (Å²) in [5.74, 6) is -0.651. The van der Waals surface area contributed by atoms with Crippen LogP contribution < -0.4 is 5.43 Å². The molecule has 3 aromatic rings. The van der Waals surface area contributed by atoms with Crippen molar-refractivity contribution in [2.24, 2.45) is 0 Å². The lowest BCUT2D eigenvalue weighted by molar-refractivity contribution is 0.438. The fraction of sp³-hybridized carbons (Fsp3) is 0.276. The van der Waals surface area contributed by atoms with Gasteiger partial charge >= 0.3 is 0 Å². The van der Waals surface area contributed by atoms with E-state index in [0.29, 0.717) is 17.5 Å². The molecule has 1 aromatic heterocycles. The van der Waals surface area contributed by atoms with Gasteiger partial charge in [-0.1, -0.05) is 35.5 Å². The maximum Gasteiger partial charge on any atom is 0.197 e. The van der Waals surface area contributed by atoms with Crippen LogP contribution in [0.4, 0.5) is 0 Å². The summed E-state index contributed by atoms with van der Waals surface area (Å²) >= 11 is 0. The van der Waals surface area contributed by atoms with E-state index in [1.54, 1.807) is 0 Å². The van der Waals surface area contributed by atoms with Gasteiger partial charge in [0.1, 0.15) is 39.7 Å². The number of fused-ring (bicyclic) bond motifs is 1. The van der Waals surface area contributed by atoms with Crippen molar-refractivity contribution >= 4 is 11.0 Å². The summed E-state index contributed by atoms with van der Waals surface area (Å²) < 4.78 is 6.08. The SMILES string of the molecule is CC=CCc1c(O)c(CC=C(C)C)c(O)c2c(=O)cc(-c3ccc(O)c(CC(C)=CC)c3O)oc12. The number of phenolic OH excluding ortho intramolecular Hbond substituents is 4. The molecule has 0 amide bonds. The topological polar surface area (TPSA) is 111 Å². The van der Waals surface area contributed by atoms with Crippen LogP contribution in [0.3, 0.4) is 0 Å². The number of aromatic hydroxyl groups is 4. The summed E-state index contributed by atoms with van der Waals surface area (Å²) in [6, 6.07) is 4.12. The highest BCUT2D eigenvalue weighted by Gasteiger charge is 2.24. The molecule has 0 aliphatic heterocycles. The van der Waals surface area contributed by atoms with Crippen molar-refractivity contribution in [3.63, 3.8) is 0 Å². The summed E-state index contributed by atoms with van der Waals surface area (Å²) in [4.78, 5) is 13.2. The fourth-order valence-corrected chi connectivity index (χ4v) is 3.92. The summed E-state index contributed by atoms with van der Waals surface area (Å²) in [5.41, 5.74) is 2.68. The molecule has 6 nitrogen and oxygen atoms in total. The lowest BCUT2D eigenvalue weighted by Crippen LogP contribution is -2.05. The van der Waals surface area contributed by atoms with Crippen molar-refractivity contribution < 1.29 is 24.8 Å². The number of hydrogen-bond donors (Lipinski definition) is 4. The summed E-state index contributed by atoms with van der Waals surface area (Å²) in [5, 5.41) is 43.2. The van der Waals surface area contributed by atoms with Gasteiger partial charge in [0.2, 0.25) is 0 Å². The van der Waals surface area contributed by atoms with E-state index in [2.05, 4.69) is 0 Å². The Morgan fingerprint density at radius 3 is 2.26 bits per heavy atom. The molecule has 0 fully saturated rings. The molecular formula is C29H32O6. The van der Waals surface area contributed by atoms with Gasteiger partial charge in [-0.3, -0.25) is 4.79 Å². The van der Waals surface area contributed by atoms with E-state index in [1.165, 1.54) is 18.2 Å². The first-order valence-electron chi connectivity index (χ1n) is 11.5. The van der Waals surface area contributed by atoms with Crippen molar-refractivity contribution in [2.75, 3.05) is 0 Å². The molecule has 2 aromatic carbocycles. The zero-order chi connectivity index (χ0) is 25.9. The van der Waals surface area contributed by atoms with E-state index in [9.17, 15) is 25.2 Å². The van der Waals surface area contributed by atoms with Gasteiger partial charge in [0.05, 0.1) is 5.56 Å². The molecule has 0 atom stereocenters. The van der Waals surface area contributed by atoms with E-state index in [4.69, 9.17) is 4.42 Å². The van der Waals surface area contributed by atoms with E-state index in [1.807, 2.05) is 58.9 Å². The Hall–Kier alpha value is -3.93. The molecule has 0 aliphatic rings. The Morgan fingerprint density at radius 2 is 1.63 bits per heavy atom. The number of hydrogen-bond acceptors (Lipinski definition) is 6. The zero-order valence-corrected chi connectivity index (χ0v) is 20.8. The number of allylic oxidation sites excluding steroid dienone is 6. The Balaban J connectivity index is 2.34. The number of benzene rings is 2. The largest absolute Gasteiger partial charge is 0.508 e. The van der Waals surface area contributed by atoms with Crippen LogP contribution >= 0.6 is 0 Å². The van der Waals surface area contributed by atoms with Gasteiger partial charge in [-0.25, -0.2) is 0 Å². The molecule has 0 saturated heterocycles. The van der Waals surface area contributed by atoms with Crippen LogP contribution in [0.5, 0.6) is 23.0 Å². The molecule has 0 aliphatic carbocycles. The monoisotopic (exact) mass is 476 g/mol. The third-order valence-electron chi connectivity index (χ3n) is 6.06. The van der Waals surface area contributed by atoms with Gasteiger partial charge in [-0.05, 0) is 59.6 Å². The van der Waals surface area contributed by atoms with E-state index >= 15 is 0 Å². The average Bonchev–Trinajstić information content (AvgIpc) is 2.80. The van der Waals surface area contributed by atoms with Crippen LogP contribution in [0.25, 0.3) is 22.3 Å². The summed E-state index contributed by atoms with van der Waals surface area (Å²) in [7, 11) is 0. The van der Waals surface area contributed by atoms with Gasteiger partial charge in [-0.15, -0.1) is 0 Å². The maximum atomic E-state index is 13.2. The minimum atomic E-state index is -0.502. The number of rotatable bonds is 7. The lowest BCUT2D eigenvalue weighted by Gasteiger charge is -2.16. The van der Waals surface area contributed by atoms with Crippen molar-refractivity contribution in [1.82, 2.24) is 0 Å². The second kappa shape index (κ2) is 10.6. The molecular weight excluding hydrogens is 444 g/mol. The predicted octanol–water partition coefficient (Wildman–Crippen LogP) is 6.42. The molecule has 1 heterocycles. The average molecular weight is 477 g/mol. The minimum absolute atomic E-state index is 0.0218. The first-order valence-corrected chi connectivity index (χ1v) is 11.5. The van der Waals surface area contributed by atoms with Crippen molar-refractivity contribution in [3.8, 4) is 34.3 Å². The highest BCUT2D eigenvalue weighted by atomic mass is 16.3. The first-order chi connectivity index (χ1) is 16.6. The van der Waals surface area contributed by atoms with Crippen LogP contribution in [0.2, 0.25) is 0 Å². The maximum absolute atomic E-state index is 13.2. The van der Waals surface area contributed by atoms with Crippen LogP contribution in [-0.4, -0.2) is 20.4 Å². The summed E-state index contributed by atoms with van der Waals surface area (Å²) in [6.45, 7) is 9.41. The third-order valence-corrected chi connectivity index (χ3v) is 6.06. The smallest absolute Gasteiger partial charge is 0.197 e. The highest BCUT2D eigenvalue weighted by molar-refractivity contribution is 5.91. The van der Waals surface area contributed by atoms with Crippen molar-refractivity contribution in [3.05, 3.63) is 80.6 Å². The zero-order valence-electron chi connectivity index (χ0n) is 20.8. The molecule has 0 spiro atoms. The minimum Gasteiger partial charge on any atom is -0.508 e. The van der Waals surface area contributed by atoms with E-state index < -0.39 is 5.43 Å². The Bertz CT molecular complexity index is 1420. The molecule has 0 radical (unpaired) electrons. The van der Waals surface area contributed by atoms with Crippen LogP contribution in [-0.2, 0) is 19.3 Å². The van der Waals surface area contributed by atoms with Gasteiger partial charge in [-0.2, -0.15) is 0 Å². The molecule has 35 heavy (non-hydrogen) atoms. The fourth-order valence-electron chi connectivity index (χ4n) is 3.92. The van der Waals surface area contributed by atoms with Gasteiger partial charge < -0.3 is 24.8 Å². The Morgan fingerprint density at radius 1 is 0.914 bits per heavy atom. The van der Waals surface area contributed by atoms with E-state index in [-0.39, 0.29) is 63.7 Å². The van der Waals surface area contributed by atoms with Gasteiger partial charge in [0, 0.05) is 29.2 Å². The molecule has 4 N–H and O–H groups in total. The Kier molecular flexibility index (Phi) is 7.75. The first kappa shape index (κ1) is 25.7. The molecule has 6 heteroatoms. The molecule has 0 bridgehead atoms. The van der Waals surface area contributed by atoms with Crippen molar-refractivity contribution in [1.29, 1.82) is 0 Å². The highest BCUT2D eigenvalue weighted by Crippen LogP contribution is 2.43. The number of phenols is 4. The molecule has 184 valence electrons. The lowest BCUT2D eigenvalue weighted by atomic mass is 9.96. The second-order valence-corrected chi connectivity index (χ2v) is 8.86. The standard InChI is InChI=1S/C29H32O6/c1-6-8-9-20-27(33)19(11-10-16(3)4)28(34)25-23(31)15-24(35-29(20)25)18-12-13-22(30)21(26(18)32)14-17(5)7-2/h6-8,10,12-13,15,30,32-34H,9,11,14H2,1-5H3. The molecule has 0 unspecified atom stereocenters. The second-order valence-electron chi connectivity index (χ2n) is 8.86. The molecule has 3 rings (SSSR count). The Labute approximate surface area is 204 Å². The molecule has 0 saturated carbocycles.